The van der Waals surface area contributed by atoms with Crippen LogP contribution < -0.4 is 4.74 Å². The molecule has 1 aromatic carbocycles. The molecule has 7 nitrogen and oxygen atoms in total. The molecular weight excluding hydrogens is 433 g/mol. The lowest BCUT2D eigenvalue weighted by molar-refractivity contribution is -0.153. The number of morpholine rings is 1. The van der Waals surface area contributed by atoms with Crippen LogP contribution >= 0.6 is 11.3 Å². The first-order valence-corrected chi connectivity index (χ1v) is 11.8. The second-order valence-corrected chi connectivity index (χ2v) is 9.24. The second kappa shape index (κ2) is 9.95. The Kier molecular flexibility index (Phi) is 7.05. The van der Waals surface area contributed by atoms with Crippen LogP contribution in [0.25, 0.3) is 0 Å². The highest BCUT2D eigenvalue weighted by molar-refractivity contribution is 7.11. The minimum absolute atomic E-state index is 0.00989. The lowest BCUT2D eigenvalue weighted by atomic mass is 9.96. The first kappa shape index (κ1) is 22.7. The van der Waals surface area contributed by atoms with Crippen LogP contribution in [0.3, 0.4) is 0 Å². The zero-order valence-corrected chi connectivity index (χ0v) is 19.0. The van der Waals surface area contributed by atoms with Gasteiger partial charge < -0.3 is 19.3 Å². The lowest BCUT2D eigenvalue weighted by Gasteiger charge is -2.43. The number of carbonyl (C=O) groups excluding carboxylic acids is 2. The van der Waals surface area contributed by atoms with Crippen LogP contribution in [0, 0.1) is 12.7 Å². The molecule has 2 amide bonds. The van der Waals surface area contributed by atoms with Crippen molar-refractivity contribution < 1.29 is 23.5 Å². The molecule has 0 saturated carbocycles. The van der Waals surface area contributed by atoms with Gasteiger partial charge in [0.2, 0.25) is 5.91 Å². The molecule has 0 bridgehead atoms. The molecule has 0 aliphatic carbocycles. The molecule has 0 N–H and O–H groups in total. The van der Waals surface area contributed by atoms with Crippen molar-refractivity contribution in [1.29, 1.82) is 0 Å². The number of carbonyl (C=O) groups is 2. The number of aryl methyl sites for hydroxylation is 1. The molecule has 4 rings (SSSR count). The average molecular weight is 462 g/mol. The predicted molar refractivity (Wildman–Crippen MR) is 118 cm³/mol. The largest absolute Gasteiger partial charge is 0.490 e. The number of halogens is 1. The number of amides is 2. The summed E-state index contributed by atoms with van der Waals surface area (Å²) in [4.78, 5) is 34.6. The molecule has 2 fully saturated rings. The Morgan fingerprint density at radius 1 is 1.16 bits per heavy atom. The molecule has 2 saturated heterocycles. The highest BCUT2D eigenvalue weighted by Crippen LogP contribution is 2.28. The number of nitrogens with zero attached hydrogens (tertiary/aromatic N) is 3. The lowest BCUT2D eigenvalue weighted by Crippen LogP contribution is -2.58. The predicted octanol–water partition coefficient (Wildman–Crippen LogP) is 3.28. The van der Waals surface area contributed by atoms with E-state index in [1.807, 2.05) is 11.8 Å². The van der Waals surface area contributed by atoms with E-state index in [0.29, 0.717) is 29.5 Å². The first-order chi connectivity index (χ1) is 15.5. The summed E-state index contributed by atoms with van der Waals surface area (Å²) >= 11 is 1.31. The maximum absolute atomic E-state index is 13.3. The summed E-state index contributed by atoms with van der Waals surface area (Å²) in [6.07, 6.45) is 3.26. The minimum atomic E-state index is -0.977. The fourth-order valence-corrected chi connectivity index (χ4v) is 4.96. The number of rotatable bonds is 6. The topological polar surface area (TPSA) is 72.0 Å². The van der Waals surface area contributed by atoms with Gasteiger partial charge in [-0.3, -0.25) is 9.59 Å². The molecule has 172 valence electrons. The summed E-state index contributed by atoms with van der Waals surface area (Å²) in [5.41, 5.74) is 1.38. The number of aromatic nitrogens is 1. The van der Waals surface area contributed by atoms with Gasteiger partial charge in [-0.1, -0.05) is 0 Å². The third-order valence-electron chi connectivity index (χ3n) is 5.97. The normalized spacial score (nSPS) is 21.4. The van der Waals surface area contributed by atoms with Gasteiger partial charge in [-0.25, -0.2) is 9.37 Å². The van der Waals surface area contributed by atoms with E-state index < -0.39 is 5.60 Å². The van der Waals surface area contributed by atoms with Crippen LogP contribution in [0.4, 0.5) is 4.39 Å². The molecule has 1 atom stereocenters. The van der Waals surface area contributed by atoms with Gasteiger partial charge in [0.05, 0.1) is 30.8 Å². The summed E-state index contributed by atoms with van der Waals surface area (Å²) < 4.78 is 25.3. The van der Waals surface area contributed by atoms with Crippen molar-refractivity contribution in [2.24, 2.45) is 0 Å². The van der Waals surface area contributed by atoms with E-state index >= 15 is 0 Å². The van der Waals surface area contributed by atoms with Crippen molar-refractivity contribution in [3.8, 4) is 5.75 Å². The summed E-state index contributed by atoms with van der Waals surface area (Å²) in [6, 6.07) is 5.74. The summed E-state index contributed by atoms with van der Waals surface area (Å²) in [6.45, 7) is 4.38. The number of ether oxygens (including phenoxy) is 2. The van der Waals surface area contributed by atoms with Gasteiger partial charge in [-0.05, 0) is 50.5 Å². The van der Waals surface area contributed by atoms with Crippen LogP contribution in [0.2, 0.25) is 0 Å². The van der Waals surface area contributed by atoms with Gasteiger partial charge in [0.25, 0.3) is 5.91 Å². The number of likely N-dealkylation sites (tertiary alicyclic amines) is 1. The molecule has 0 spiro atoms. The molecule has 1 aromatic heterocycles. The van der Waals surface area contributed by atoms with E-state index in [2.05, 4.69) is 4.98 Å². The summed E-state index contributed by atoms with van der Waals surface area (Å²) in [7, 11) is 0. The van der Waals surface area contributed by atoms with E-state index in [0.717, 1.165) is 32.4 Å². The minimum Gasteiger partial charge on any atom is -0.490 e. The van der Waals surface area contributed by atoms with Crippen LogP contribution in [0.15, 0.2) is 29.8 Å². The van der Waals surface area contributed by atoms with Crippen LogP contribution in [-0.4, -0.2) is 71.6 Å². The van der Waals surface area contributed by atoms with E-state index in [9.17, 15) is 14.0 Å². The Balaban J connectivity index is 1.52. The van der Waals surface area contributed by atoms with Crippen LogP contribution in [0.1, 0.15) is 41.0 Å². The van der Waals surface area contributed by atoms with E-state index in [-0.39, 0.29) is 37.2 Å². The molecule has 3 heterocycles. The molecule has 0 unspecified atom stereocenters. The van der Waals surface area contributed by atoms with E-state index in [1.165, 1.54) is 23.5 Å². The molecule has 2 aliphatic rings. The number of hydrogen-bond acceptors (Lipinski definition) is 6. The number of piperidine rings is 1. The van der Waals surface area contributed by atoms with Crippen molar-refractivity contribution in [1.82, 2.24) is 14.8 Å². The monoisotopic (exact) mass is 461 g/mol. The zero-order valence-electron chi connectivity index (χ0n) is 18.2. The fourth-order valence-electron chi connectivity index (χ4n) is 4.19. The summed E-state index contributed by atoms with van der Waals surface area (Å²) in [5.74, 6) is 0.0417. The van der Waals surface area contributed by atoms with Gasteiger partial charge in [0, 0.05) is 19.6 Å². The Morgan fingerprint density at radius 2 is 1.91 bits per heavy atom. The third kappa shape index (κ3) is 5.27. The molecule has 32 heavy (non-hydrogen) atoms. The SMILES string of the molecule is Cc1ncsc1C(=O)N1CCO[C@](COc2ccc(F)cc2)(CC(=O)N2CCCCC2)C1. The van der Waals surface area contributed by atoms with Crippen molar-refractivity contribution in [2.75, 3.05) is 39.4 Å². The Hall–Kier alpha value is -2.52. The molecule has 2 aromatic rings. The van der Waals surface area contributed by atoms with Gasteiger partial charge in [-0.15, -0.1) is 11.3 Å². The van der Waals surface area contributed by atoms with Gasteiger partial charge >= 0.3 is 0 Å². The molecular formula is C23H28FN3O4S. The number of benzene rings is 1. The standard InChI is InChI=1S/C23H28FN3O4S/c1-17-21(32-16-25-17)22(29)27-11-12-31-23(14-27,13-20(28)26-9-3-2-4-10-26)15-30-19-7-5-18(24)6-8-19/h5-8,16H,2-4,9-15H2,1H3/t23-/m1/s1. The van der Waals surface area contributed by atoms with Gasteiger partial charge in [0.1, 0.15) is 28.7 Å². The highest BCUT2D eigenvalue weighted by atomic mass is 32.1. The average Bonchev–Trinajstić information content (AvgIpc) is 3.25. The molecule has 0 radical (unpaired) electrons. The van der Waals surface area contributed by atoms with Gasteiger partial charge in [-0.2, -0.15) is 0 Å². The third-order valence-corrected chi connectivity index (χ3v) is 6.89. The second-order valence-electron chi connectivity index (χ2n) is 8.39. The summed E-state index contributed by atoms with van der Waals surface area (Å²) in [5, 5.41) is 0. The Bertz CT molecular complexity index is 945. The first-order valence-electron chi connectivity index (χ1n) is 11.0. The van der Waals surface area contributed by atoms with Crippen molar-refractivity contribution in [2.45, 2.75) is 38.2 Å². The maximum atomic E-state index is 13.3. The Morgan fingerprint density at radius 3 is 2.59 bits per heavy atom. The fraction of sp³-hybridized carbons (Fsp3) is 0.522. The van der Waals surface area contributed by atoms with E-state index in [4.69, 9.17) is 9.47 Å². The smallest absolute Gasteiger partial charge is 0.266 e. The van der Waals surface area contributed by atoms with Crippen molar-refractivity contribution >= 4 is 23.2 Å². The van der Waals surface area contributed by atoms with Crippen molar-refractivity contribution in [3.63, 3.8) is 0 Å². The number of hydrogen-bond donors (Lipinski definition) is 0. The number of thiazole rings is 1. The van der Waals surface area contributed by atoms with Crippen LogP contribution in [-0.2, 0) is 9.53 Å². The maximum Gasteiger partial charge on any atom is 0.266 e. The highest BCUT2D eigenvalue weighted by Gasteiger charge is 2.43. The Labute approximate surface area is 191 Å². The quantitative estimate of drug-likeness (QED) is 0.660. The van der Waals surface area contributed by atoms with Gasteiger partial charge in [0.15, 0.2) is 0 Å². The van der Waals surface area contributed by atoms with Crippen molar-refractivity contribution in [3.05, 3.63) is 46.2 Å². The van der Waals surface area contributed by atoms with E-state index in [1.54, 1.807) is 22.5 Å². The molecule has 2 aliphatic heterocycles. The molecule has 9 heteroatoms. The van der Waals surface area contributed by atoms with Crippen LogP contribution in [0.5, 0.6) is 5.75 Å². The zero-order chi connectivity index (χ0) is 22.6.